The fraction of sp³-hybridized carbons (Fsp3) is 0.182. The lowest BCUT2D eigenvalue weighted by atomic mass is 9.72. The van der Waals surface area contributed by atoms with Crippen molar-refractivity contribution in [1.82, 2.24) is 19.9 Å². The summed E-state index contributed by atoms with van der Waals surface area (Å²) in [6, 6.07) is 17.9. The van der Waals surface area contributed by atoms with Crippen LogP contribution in [0.4, 0.5) is 0 Å². The molecular formula is C22H20ClN5O. The number of aromatic nitrogens is 4. The van der Waals surface area contributed by atoms with Gasteiger partial charge >= 0.3 is 0 Å². The molecule has 29 heavy (non-hydrogen) atoms. The zero-order chi connectivity index (χ0) is 19.1. The fourth-order valence-corrected chi connectivity index (χ4v) is 3.69. The maximum atomic E-state index is 12.2. The molecule has 1 fully saturated rings. The van der Waals surface area contributed by atoms with Gasteiger partial charge in [0, 0.05) is 16.7 Å². The number of fused-ring (bicyclic) bond motifs is 1. The molecule has 3 N–H and O–H groups in total. The highest BCUT2D eigenvalue weighted by atomic mass is 35.5. The molecule has 0 spiro atoms. The highest BCUT2D eigenvalue weighted by molar-refractivity contribution is 5.85. The molecule has 2 aromatic carbocycles. The Labute approximate surface area is 173 Å². The van der Waals surface area contributed by atoms with Crippen LogP contribution < -0.4 is 11.3 Å². The topological polar surface area (TPSA) is 97.5 Å². The Morgan fingerprint density at radius 1 is 0.897 bits per heavy atom. The van der Waals surface area contributed by atoms with Gasteiger partial charge in [0.15, 0.2) is 11.2 Å². The first-order valence-electron chi connectivity index (χ1n) is 9.35. The minimum atomic E-state index is -0.299. The smallest absolute Gasteiger partial charge is 0.278 e. The van der Waals surface area contributed by atoms with Crippen LogP contribution >= 0.6 is 12.4 Å². The molecule has 0 aliphatic heterocycles. The van der Waals surface area contributed by atoms with Crippen LogP contribution in [0.25, 0.3) is 33.7 Å². The first kappa shape index (κ1) is 19.2. The van der Waals surface area contributed by atoms with E-state index in [1.165, 1.54) is 12.7 Å². The highest BCUT2D eigenvalue weighted by Crippen LogP contribution is 2.39. The molecule has 0 radical (unpaired) electrons. The second-order valence-electron chi connectivity index (χ2n) is 7.28. The summed E-state index contributed by atoms with van der Waals surface area (Å²) in [5, 5.41) is 0. The monoisotopic (exact) mass is 405 g/mol. The predicted molar refractivity (Wildman–Crippen MR) is 116 cm³/mol. The van der Waals surface area contributed by atoms with Gasteiger partial charge in [-0.3, -0.25) is 4.79 Å². The number of nitrogens with two attached hydrogens (primary N) is 1. The van der Waals surface area contributed by atoms with E-state index in [0.717, 1.165) is 29.5 Å². The van der Waals surface area contributed by atoms with E-state index >= 15 is 0 Å². The van der Waals surface area contributed by atoms with Crippen LogP contribution in [0.3, 0.4) is 0 Å². The van der Waals surface area contributed by atoms with Crippen LogP contribution in [-0.2, 0) is 5.54 Å². The van der Waals surface area contributed by atoms with Crippen molar-refractivity contribution in [3.63, 3.8) is 0 Å². The van der Waals surface area contributed by atoms with Crippen LogP contribution in [0.5, 0.6) is 0 Å². The molecule has 6 nitrogen and oxygen atoms in total. The summed E-state index contributed by atoms with van der Waals surface area (Å²) >= 11 is 0. The van der Waals surface area contributed by atoms with E-state index in [1.54, 1.807) is 0 Å². The zero-order valence-electron chi connectivity index (χ0n) is 15.6. The molecule has 0 amide bonds. The number of nitrogens with zero attached hydrogens (tertiary/aromatic N) is 3. The van der Waals surface area contributed by atoms with Gasteiger partial charge in [-0.05, 0) is 24.8 Å². The second kappa shape index (κ2) is 7.39. The molecule has 1 saturated carbocycles. The summed E-state index contributed by atoms with van der Waals surface area (Å²) in [4.78, 5) is 28.3. The Morgan fingerprint density at radius 2 is 1.55 bits per heavy atom. The van der Waals surface area contributed by atoms with Crippen LogP contribution in [-0.4, -0.2) is 19.9 Å². The maximum Gasteiger partial charge on any atom is 0.278 e. The van der Waals surface area contributed by atoms with Crippen molar-refractivity contribution in [3.05, 3.63) is 76.8 Å². The second-order valence-corrected chi connectivity index (χ2v) is 7.28. The number of nitrogens with one attached hydrogen (secondary N) is 1. The van der Waals surface area contributed by atoms with Gasteiger partial charge in [-0.2, -0.15) is 0 Å². The van der Waals surface area contributed by atoms with E-state index in [-0.39, 0.29) is 29.0 Å². The highest BCUT2D eigenvalue weighted by Gasteiger charge is 2.34. The van der Waals surface area contributed by atoms with E-state index in [9.17, 15) is 4.79 Å². The third-order valence-electron chi connectivity index (χ3n) is 5.50. The predicted octanol–water partition coefficient (Wildman–Crippen LogP) is 3.81. The average molecular weight is 406 g/mol. The van der Waals surface area contributed by atoms with Crippen molar-refractivity contribution in [2.45, 2.75) is 24.8 Å². The van der Waals surface area contributed by atoms with Crippen LogP contribution in [0.2, 0.25) is 0 Å². The van der Waals surface area contributed by atoms with Crippen molar-refractivity contribution >= 4 is 23.6 Å². The van der Waals surface area contributed by atoms with Gasteiger partial charge in [-0.1, -0.05) is 54.6 Å². The van der Waals surface area contributed by atoms with Gasteiger partial charge in [0.2, 0.25) is 0 Å². The van der Waals surface area contributed by atoms with Gasteiger partial charge in [-0.25, -0.2) is 15.0 Å². The summed E-state index contributed by atoms with van der Waals surface area (Å²) in [5.41, 5.74) is 10.8. The molecule has 1 aliphatic carbocycles. The molecule has 146 valence electrons. The molecule has 0 atom stereocenters. The quantitative estimate of drug-likeness (QED) is 0.540. The molecule has 7 heteroatoms. The number of hydrogen-bond donors (Lipinski definition) is 2. The largest absolute Gasteiger partial charge is 0.321 e. The third-order valence-corrected chi connectivity index (χ3v) is 5.50. The lowest BCUT2D eigenvalue weighted by molar-refractivity contribution is 0.253. The van der Waals surface area contributed by atoms with Gasteiger partial charge in [0.25, 0.3) is 5.56 Å². The van der Waals surface area contributed by atoms with Crippen LogP contribution in [0, 0.1) is 0 Å². The number of halogens is 1. The average Bonchev–Trinajstić information content (AvgIpc) is 2.72. The van der Waals surface area contributed by atoms with Crippen molar-refractivity contribution in [2.24, 2.45) is 5.73 Å². The van der Waals surface area contributed by atoms with Gasteiger partial charge < -0.3 is 10.7 Å². The molecule has 4 aromatic rings. The summed E-state index contributed by atoms with van der Waals surface area (Å²) in [6.07, 6.45) is 4.56. The normalized spacial score (nSPS) is 14.8. The lowest BCUT2D eigenvalue weighted by Crippen LogP contribution is -2.43. The molecule has 0 unspecified atom stereocenters. The summed E-state index contributed by atoms with van der Waals surface area (Å²) in [7, 11) is 0. The lowest BCUT2D eigenvalue weighted by Gasteiger charge is -2.38. The minimum Gasteiger partial charge on any atom is -0.321 e. The minimum absolute atomic E-state index is 0. The molecule has 2 aromatic heterocycles. The fourth-order valence-electron chi connectivity index (χ4n) is 3.69. The summed E-state index contributed by atoms with van der Waals surface area (Å²) in [6.45, 7) is 0. The van der Waals surface area contributed by atoms with Crippen molar-refractivity contribution in [1.29, 1.82) is 0 Å². The number of hydrogen-bond acceptors (Lipinski definition) is 5. The third kappa shape index (κ3) is 3.30. The van der Waals surface area contributed by atoms with Gasteiger partial charge in [-0.15, -0.1) is 12.4 Å². The van der Waals surface area contributed by atoms with E-state index in [0.29, 0.717) is 17.0 Å². The van der Waals surface area contributed by atoms with Crippen molar-refractivity contribution in [2.75, 3.05) is 0 Å². The van der Waals surface area contributed by atoms with E-state index in [1.807, 2.05) is 42.5 Å². The summed E-state index contributed by atoms with van der Waals surface area (Å²) < 4.78 is 0. The Balaban J connectivity index is 0.00000205. The van der Waals surface area contributed by atoms with Gasteiger partial charge in [0.05, 0.1) is 17.7 Å². The van der Waals surface area contributed by atoms with Crippen LogP contribution in [0.15, 0.2) is 65.7 Å². The van der Waals surface area contributed by atoms with E-state index in [2.05, 4.69) is 32.1 Å². The molecule has 2 heterocycles. The number of aromatic amines is 1. The first-order chi connectivity index (χ1) is 13.6. The Hall–Kier alpha value is -3.09. The first-order valence-corrected chi connectivity index (χ1v) is 9.35. The molecule has 1 aliphatic rings. The number of rotatable bonds is 3. The molecular weight excluding hydrogens is 386 g/mol. The Kier molecular flexibility index (Phi) is 4.90. The Bertz CT molecular complexity index is 1220. The Morgan fingerprint density at radius 3 is 2.21 bits per heavy atom. The van der Waals surface area contributed by atoms with Gasteiger partial charge in [0.1, 0.15) is 0 Å². The maximum absolute atomic E-state index is 12.2. The standard InChI is InChI=1S/C22H19N5O.ClH/c23-22(11-4-12-22)16-9-7-15(8-10-16)18-17(14-5-2-1-3-6-14)26-19-20(27-18)24-13-25-21(19)28;/h1-3,5-10,13H,4,11-12,23H2,(H,24,25,27,28);1H. The number of benzene rings is 2. The van der Waals surface area contributed by atoms with Crippen molar-refractivity contribution in [3.8, 4) is 22.5 Å². The van der Waals surface area contributed by atoms with Crippen molar-refractivity contribution < 1.29 is 0 Å². The zero-order valence-corrected chi connectivity index (χ0v) is 16.4. The van der Waals surface area contributed by atoms with E-state index < -0.39 is 0 Å². The molecule has 0 bridgehead atoms. The van der Waals surface area contributed by atoms with E-state index in [4.69, 9.17) is 5.73 Å². The summed E-state index contributed by atoms with van der Waals surface area (Å²) in [5.74, 6) is 0. The van der Waals surface area contributed by atoms with Crippen LogP contribution in [0.1, 0.15) is 24.8 Å². The SMILES string of the molecule is Cl.NC1(c2ccc(-c3nc4nc[nH]c(=O)c4nc3-c3ccccc3)cc2)CCC1. The number of H-pyrrole nitrogens is 1. The molecule has 0 saturated heterocycles. The molecule has 5 rings (SSSR count).